The Morgan fingerprint density at radius 3 is 2.38 bits per heavy atom. The van der Waals surface area contributed by atoms with Gasteiger partial charge in [0.15, 0.2) is 5.76 Å². The normalized spacial score (nSPS) is 11.1. The van der Waals surface area contributed by atoms with Gasteiger partial charge >= 0.3 is 0 Å². The van der Waals surface area contributed by atoms with Crippen molar-refractivity contribution in [3.05, 3.63) is 59.6 Å². The zero-order valence-electron chi connectivity index (χ0n) is 10.8. The molecule has 2 heterocycles. The summed E-state index contributed by atoms with van der Waals surface area (Å²) in [6.07, 6.45) is 0. The van der Waals surface area contributed by atoms with E-state index in [0.29, 0.717) is 22.6 Å². The Morgan fingerprint density at radius 1 is 0.810 bits per heavy atom. The molecule has 0 bridgehead atoms. The van der Waals surface area contributed by atoms with Crippen LogP contribution < -0.4 is 0 Å². The molecule has 4 nitrogen and oxygen atoms in total. The molecule has 0 unspecified atom stereocenters. The van der Waals surface area contributed by atoms with Crippen molar-refractivity contribution in [3.8, 4) is 23.1 Å². The molecule has 0 amide bonds. The Balaban J connectivity index is 1.75. The molecule has 0 aliphatic carbocycles. The Bertz CT molecular complexity index is 876. The van der Waals surface area contributed by atoms with Gasteiger partial charge in [0, 0.05) is 16.0 Å². The van der Waals surface area contributed by atoms with Crippen LogP contribution in [0.25, 0.3) is 34.1 Å². The largest absolute Gasteiger partial charge is 0.451 e. The number of rotatable bonds is 2. The minimum Gasteiger partial charge on any atom is -0.451 e. The second kappa shape index (κ2) is 4.75. The maximum atomic E-state index is 5.86. The summed E-state index contributed by atoms with van der Waals surface area (Å²) in [5.41, 5.74) is 1.60. The third-order valence-electron chi connectivity index (χ3n) is 3.15. The van der Waals surface area contributed by atoms with Gasteiger partial charge in [-0.05, 0) is 36.4 Å². The van der Waals surface area contributed by atoms with Crippen molar-refractivity contribution in [3.63, 3.8) is 0 Å². The topological polar surface area (TPSA) is 52.1 Å². The number of halogens is 1. The van der Waals surface area contributed by atoms with Crippen LogP contribution in [0.15, 0.2) is 63.4 Å². The maximum Gasteiger partial charge on any atom is 0.283 e. The predicted molar refractivity (Wildman–Crippen MR) is 80.0 cm³/mol. The van der Waals surface area contributed by atoms with E-state index in [9.17, 15) is 0 Å². The van der Waals surface area contributed by atoms with E-state index < -0.39 is 0 Å². The Hall–Kier alpha value is -2.59. The number of furan rings is 1. The average Bonchev–Trinajstić information content (AvgIpc) is 3.14. The van der Waals surface area contributed by atoms with Crippen molar-refractivity contribution in [2.45, 2.75) is 0 Å². The van der Waals surface area contributed by atoms with Crippen molar-refractivity contribution in [1.29, 1.82) is 0 Å². The lowest BCUT2D eigenvalue weighted by Crippen LogP contribution is -1.76. The zero-order chi connectivity index (χ0) is 14.2. The van der Waals surface area contributed by atoms with E-state index >= 15 is 0 Å². The summed E-state index contributed by atoms with van der Waals surface area (Å²) >= 11 is 5.86. The third-order valence-corrected chi connectivity index (χ3v) is 3.40. The number of hydrogen-bond donors (Lipinski definition) is 0. The quantitative estimate of drug-likeness (QED) is 0.533. The number of benzene rings is 2. The summed E-state index contributed by atoms with van der Waals surface area (Å²) in [4.78, 5) is 0. The molecule has 102 valence electrons. The fourth-order valence-electron chi connectivity index (χ4n) is 2.12. The molecule has 2 aromatic heterocycles. The molecular weight excluding hydrogens is 288 g/mol. The first-order valence-corrected chi connectivity index (χ1v) is 6.76. The standard InChI is InChI=1S/C16H9ClN2O2/c17-12-7-5-10(6-8-12)15-18-19-16(21-15)14-9-11-3-1-2-4-13(11)20-14/h1-9H. The highest BCUT2D eigenvalue weighted by molar-refractivity contribution is 6.30. The molecule has 5 heteroatoms. The van der Waals surface area contributed by atoms with Crippen molar-refractivity contribution < 1.29 is 8.83 Å². The summed E-state index contributed by atoms with van der Waals surface area (Å²) < 4.78 is 11.4. The number of nitrogens with zero attached hydrogens (tertiary/aromatic N) is 2. The van der Waals surface area contributed by atoms with Gasteiger partial charge in [0.25, 0.3) is 5.89 Å². The molecule has 0 aliphatic heterocycles. The fourth-order valence-corrected chi connectivity index (χ4v) is 2.25. The minimum absolute atomic E-state index is 0.358. The van der Waals surface area contributed by atoms with Crippen LogP contribution in [0.1, 0.15) is 0 Å². The predicted octanol–water partition coefficient (Wildman–Crippen LogP) is 4.80. The van der Waals surface area contributed by atoms with Gasteiger partial charge in [0.2, 0.25) is 5.89 Å². The monoisotopic (exact) mass is 296 g/mol. The summed E-state index contributed by atoms with van der Waals surface area (Å²) in [6.45, 7) is 0. The van der Waals surface area contributed by atoms with Crippen LogP contribution in [-0.4, -0.2) is 10.2 Å². The summed E-state index contributed by atoms with van der Waals surface area (Å²) in [7, 11) is 0. The molecule has 0 radical (unpaired) electrons. The third kappa shape index (κ3) is 2.19. The molecule has 4 aromatic rings. The van der Waals surface area contributed by atoms with Gasteiger partial charge in [-0.2, -0.15) is 0 Å². The van der Waals surface area contributed by atoms with Gasteiger partial charge < -0.3 is 8.83 Å². The lowest BCUT2D eigenvalue weighted by atomic mass is 10.2. The van der Waals surface area contributed by atoms with Gasteiger partial charge in [-0.25, -0.2) is 0 Å². The molecule has 0 saturated heterocycles. The van der Waals surface area contributed by atoms with Crippen molar-refractivity contribution in [2.24, 2.45) is 0 Å². The van der Waals surface area contributed by atoms with Crippen molar-refractivity contribution in [2.75, 3.05) is 0 Å². The summed E-state index contributed by atoms with van der Waals surface area (Å²) in [5, 5.41) is 9.74. The molecule has 0 fully saturated rings. The van der Waals surface area contributed by atoms with Crippen molar-refractivity contribution >= 4 is 22.6 Å². The molecule has 0 atom stereocenters. The first-order chi connectivity index (χ1) is 10.3. The van der Waals surface area contributed by atoms with E-state index in [4.69, 9.17) is 20.4 Å². The highest BCUT2D eigenvalue weighted by atomic mass is 35.5. The van der Waals surface area contributed by atoms with E-state index in [1.807, 2.05) is 42.5 Å². The highest BCUT2D eigenvalue weighted by Gasteiger charge is 2.14. The maximum absolute atomic E-state index is 5.86. The van der Waals surface area contributed by atoms with E-state index in [1.165, 1.54) is 0 Å². The van der Waals surface area contributed by atoms with Gasteiger partial charge in [-0.15, -0.1) is 10.2 Å². The minimum atomic E-state index is 0.358. The Morgan fingerprint density at radius 2 is 1.57 bits per heavy atom. The van der Waals surface area contributed by atoms with Gasteiger partial charge in [-0.1, -0.05) is 29.8 Å². The first kappa shape index (κ1) is 12.2. The number of aromatic nitrogens is 2. The second-order valence-corrected chi connectivity index (χ2v) is 5.00. The van der Waals surface area contributed by atoms with Gasteiger partial charge in [-0.3, -0.25) is 0 Å². The Labute approximate surface area is 125 Å². The molecule has 4 rings (SSSR count). The Kier molecular flexibility index (Phi) is 2.75. The molecular formula is C16H9ClN2O2. The highest BCUT2D eigenvalue weighted by Crippen LogP contribution is 2.29. The lowest BCUT2D eigenvalue weighted by molar-refractivity contribution is 0.542. The second-order valence-electron chi connectivity index (χ2n) is 4.57. The van der Waals surface area contributed by atoms with Gasteiger partial charge in [0.1, 0.15) is 5.58 Å². The fraction of sp³-hybridized carbons (Fsp3) is 0. The van der Waals surface area contributed by atoms with Gasteiger partial charge in [0.05, 0.1) is 0 Å². The number of para-hydroxylation sites is 1. The van der Waals surface area contributed by atoms with Crippen LogP contribution >= 0.6 is 11.6 Å². The molecule has 0 aliphatic rings. The zero-order valence-corrected chi connectivity index (χ0v) is 11.5. The molecule has 21 heavy (non-hydrogen) atoms. The van der Waals surface area contributed by atoms with Crippen molar-refractivity contribution in [1.82, 2.24) is 10.2 Å². The molecule has 0 N–H and O–H groups in total. The van der Waals surface area contributed by atoms with E-state index in [-0.39, 0.29) is 0 Å². The van der Waals surface area contributed by atoms with E-state index in [2.05, 4.69) is 10.2 Å². The molecule has 0 spiro atoms. The smallest absolute Gasteiger partial charge is 0.283 e. The number of hydrogen-bond acceptors (Lipinski definition) is 4. The first-order valence-electron chi connectivity index (χ1n) is 6.38. The van der Waals surface area contributed by atoms with E-state index in [1.54, 1.807) is 12.1 Å². The SMILES string of the molecule is Clc1ccc(-c2nnc(-c3cc4ccccc4o3)o2)cc1. The van der Waals surface area contributed by atoms with Crippen LogP contribution in [0, 0.1) is 0 Å². The molecule has 2 aromatic carbocycles. The van der Waals surface area contributed by atoms with Crippen LogP contribution in [-0.2, 0) is 0 Å². The summed E-state index contributed by atoms with van der Waals surface area (Å²) in [6, 6.07) is 16.8. The van der Waals surface area contributed by atoms with Crippen LogP contribution in [0.5, 0.6) is 0 Å². The number of fused-ring (bicyclic) bond motifs is 1. The molecule has 0 saturated carbocycles. The van der Waals surface area contributed by atoms with Crippen LogP contribution in [0.2, 0.25) is 5.02 Å². The average molecular weight is 297 g/mol. The summed E-state index contributed by atoms with van der Waals surface area (Å²) in [5.74, 6) is 1.35. The van der Waals surface area contributed by atoms with Crippen LogP contribution in [0.3, 0.4) is 0 Å². The van der Waals surface area contributed by atoms with Crippen LogP contribution in [0.4, 0.5) is 0 Å². The van der Waals surface area contributed by atoms with E-state index in [0.717, 1.165) is 16.5 Å². The lowest BCUT2D eigenvalue weighted by Gasteiger charge is -1.93.